The molecule has 2 heterocycles. The van der Waals surface area contributed by atoms with E-state index in [9.17, 15) is 4.39 Å². The van der Waals surface area contributed by atoms with Crippen molar-refractivity contribution in [1.29, 1.82) is 0 Å². The van der Waals surface area contributed by atoms with Crippen molar-refractivity contribution in [2.75, 3.05) is 19.8 Å². The van der Waals surface area contributed by atoms with E-state index in [1.807, 2.05) is 6.07 Å². The Kier molecular flexibility index (Phi) is 3.75. The lowest BCUT2D eigenvalue weighted by atomic mass is 9.92. The minimum absolute atomic E-state index is 0. The largest absolute Gasteiger partial charge is 0.472 e. The number of furan rings is 1. The zero-order valence-electron chi connectivity index (χ0n) is 7.20. The van der Waals surface area contributed by atoms with Crippen molar-refractivity contribution in [1.82, 2.24) is 5.32 Å². The minimum Gasteiger partial charge on any atom is -0.472 e. The van der Waals surface area contributed by atoms with Crippen LogP contribution in [0.4, 0.5) is 4.39 Å². The van der Waals surface area contributed by atoms with E-state index in [2.05, 4.69) is 5.32 Å². The first-order chi connectivity index (χ1) is 5.92. The summed E-state index contributed by atoms with van der Waals surface area (Å²) in [5.41, 5.74) is 1.11. The smallest absolute Gasteiger partial charge is 0.0941 e. The molecule has 1 aliphatic rings. The summed E-state index contributed by atoms with van der Waals surface area (Å²) < 4.78 is 17.4. The Morgan fingerprint density at radius 3 is 3.00 bits per heavy atom. The fourth-order valence-corrected chi connectivity index (χ4v) is 1.77. The van der Waals surface area contributed by atoms with Gasteiger partial charge in [0.05, 0.1) is 19.2 Å². The molecule has 0 saturated carbocycles. The van der Waals surface area contributed by atoms with Gasteiger partial charge >= 0.3 is 0 Å². The summed E-state index contributed by atoms with van der Waals surface area (Å²) in [6.45, 7) is 1.41. The van der Waals surface area contributed by atoms with Crippen molar-refractivity contribution >= 4 is 12.4 Å². The van der Waals surface area contributed by atoms with Crippen molar-refractivity contribution in [3.8, 4) is 0 Å². The molecule has 1 aromatic heterocycles. The first-order valence-electron chi connectivity index (χ1n) is 4.20. The molecule has 1 N–H and O–H groups in total. The molecule has 2 unspecified atom stereocenters. The highest BCUT2D eigenvalue weighted by Crippen LogP contribution is 2.28. The van der Waals surface area contributed by atoms with Gasteiger partial charge < -0.3 is 9.73 Å². The van der Waals surface area contributed by atoms with E-state index in [1.165, 1.54) is 0 Å². The second-order valence-corrected chi connectivity index (χ2v) is 3.24. The molecule has 13 heavy (non-hydrogen) atoms. The van der Waals surface area contributed by atoms with Gasteiger partial charge in [0.1, 0.15) is 0 Å². The highest BCUT2D eigenvalue weighted by molar-refractivity contribution is 5.85. The Balaban J connectivity index is 0.000000845. The maximum Gasteiger partial charge on any atom is 0.0941 e. The molecule has 0 aromatic carbocycles. The van der Waals surface area contributed by atoms with Crippen molar-refractivity contribution in [2.24, 2.45) is 5.92 Å². The first kappa shape index (κ1) is 10.5. The van der Waals surface area contributed by atoms with Crippen LogP contribution in [0, 0.1) is 5.92 Å². The van der Waals surface area contributed by atoms with Gasteiger partial charge in [-0.05, 0) is 11.6 Å². The number of nitrogens with one attached hydrogen (secondary N) is 1. The zero-order valence-corrected chi connectivity index (χ0v) is 8.02. The van der Waals surface area contributed by atoms with Gasteiger partial charge in [-0.3, -0.25) is 4.39 Å². The molecular formula is C9H13ClFNO. The Hall–Kier alpha value is -0.540. The van der Waals surface area contributed by atoms with E-state index in [0.29, 0.717) is 5.92 Å². The Morgan fingerprint density at radius 1 is 1.54 bits per heavy atom. The lowest BCUT2D eigenvalue weighted by molar-refractivity contribution is 0.357. The summed E-state index contributed by atoms with van der Waals surface area (Å²) in [6.07, 6.45) is 3.35. The molecule has 2 nitrogen and oxygen atoms in total. The van der Waals surface area contributed by atoms with Crippen LogP contribution in [0.1, 0.15) is 11.5 Å². The highest BCUT2D eigenvalue weighted by Gasteiger charge is 2.28. The molecule has 0 amide bonds. The van der Waals surface area contributed by atoms with Gasteiger partial charge in [0.15, 0.2) is 0 Å². The lowest BCUT2D eigenvalue weighted by Gasteiger charge is -2.12. The van der Waals surface area contributed by atoms with Crippen LogP contribution in [0.25, 0.3) is 0 Å². The molecule has 4 heteroatoms. The number of alkyl halides is 1. The molecule has 0 radical (unpaired) electrons. The summed E-state index contributed by atoms with van der Waals surface area (Å²) in [5, 5.41) is 3.18. The topological polar surface area (TPSA) is 25.2 Å². The molecule has 0 aliphatic carbocycles. The molecule has 74 valence electrons. The molecule has 1 saturated heterocycles. The van der Waals surface area contributed by atoms with Crippen LogP contribution in [-0.4, -0.2) is 19.8 Å². The fraction of sp³-hybridized carbons (Fsp3) is 0.556. The summed E-state index contributed by atoms with van der Waals surface area (Å²) >= 11 is 0. The first-order valence-corrected chi connectivity index (χ1v) is 4.20. The molecule has 0 spiro atoms. The third kappa shape index (κ3) is 2.03. The van der Waals surface area contributed by atoms with Crippen LogP contribution >= 0.6 is 12.4 Å². The number of hydrogen-bond donors (Lipinski definition) is 1. The Bertz CT molecular complexity index is 240. The summed E-state index contributed by atoms with van der Waals surface area (Å²) in [4.78, 5) is 0. The van der Waals surface area contributed by atoms with E-state index in [0.717, 1.165) is 18.7 Å². The maximum absolute atomic E-state index is 12.5. The molecule has 2 atom stereocenters. The van der Waals surface area contributed by atoms with Crippen LogP contribution in [-0.2, 0) is 0 Å². The van der Waals surface area contributed by atoms with Crippen LogP contribution < -0.4 is 5.32 Å². The molecule has 2 rings (SSSR count). The SMILES string of the molecule is Cl.FCC1CNCC1c1ccoc1. The lowest BCUT2D eigenvalue weighted by Crippen LogP contribution is -2.12. The van der Waals surface area contributed by atoms with Gasteiger partial charge in [-0.25, -0.2) is 0 Å². The Morgan fingerprint density at radius 2 is 2.38 bits per heavy atom. The number of rotatable bonds is 2. The third-order valence-corrected chi connectivity index (χ3v) is 2.51. The van der Waals surface area contributed by atoms with Gasteiger partial charge in [0.25, 0.3) is 0 Å². The summed E-state index contributed by atoms with van der Waals surface area (Å²) in [7, 11) is 0. The molecule has 0 bridgehead atoms. The highest BCUT2D eigenvalue weighted by atomic mass is 35.5. The second kappa shape index (κ2) is 4.63. The minimum atomic E-state index is -0.247. The standard InChI is InChI=1S/C9H12FNO.ClH/c10-3-8-4-11-5-9(8)7-1-2-12-6-7;/h1-2,6,8-9,11H,3-5H2;1H. The average Bonchev–Trinajstić information content (AvgIpc) is 2.74. The average molecular weight is 206 g/mol. The molecule has 1 aliphatic heterocycles. The van der Waals surface area contributed by atoms with Crippen molar-refractivity contribution < 1.29 is 8.81 Å². The quantitative estimate of drug-likeness (QED) is 0.799. The summed E-state index contributed by atoms with van der Waals surface area (Å²) in [5.74, 6) is 0.427. The predicted octanol–water partition coefficient (Wildman–Crippen LogP) is 1.97. The zero-order chi connectivity index (χ0) is 8.39. The van der Waals surface area contributed by atoms with Crippen molar-refractivity contribution in [2.45, 2.75) is 5.92 Å². The van der Waals surface area contributed by atoms with Crippen LogP contribution in [0.15, 0.2) is 23.0 Å². The van der Waals surface area contributed by atoms with E-state index in [1.54, 1.807) is 12.5 Å². The van der Waals surface area contributed by atoms with Crippen LogP contribution in [0.5, 0.6) is 0 Å². The molecular weight excluding hydrogens is 193 g/mol. The van der Waals surface area contributed by atoms with Gasteiger partial charge in [0.2, 0.25) is 0 Å². The number of hydrogen-bond acceptors (Lipinski definition) is 2. The maximum atomic E-state index is 12.5. The number of halogens is 2. The van der Waals surface area contributed by atoms with E-state index in [4.69, 9.17) is 4.42 Å². The van der Waals surface area contributed by atoms with E-state index >= 15 is 0 Å². The molecule has 1 aromatic rings. The Labute approximate surface area is 82.9 Å². The third-order valence-electron chi connectivity index (χ3n) is 2.51. The van der Waals surface area contributed by atoms with Gasteiger partial charge in [-0.1, -0.05) is 0 Å². The van der Waals surface area contributed by atoms with Gasteiger partial charge in [-0.2, -0.15) is 0 Å². The normalized spacial score (nSPS) is 27.2. The fourth-order valence-electron chi connectivity index (χ4n) is 1.77. The van der Waals surface area contributed by atoms with Gasteiger partial charge in [0, 0.05) is 24.9 Å². The van der Waals surface area contributed by atoms with Crippen LogP contribution in [0.2, 0.25) is 0 Å². The van der Waals surface area contributed by atoms with Crippen LogP contribution in [0.3, 0.4) is 0 Å². The van der Waals surface area contributed by atoms with Crippen molar-refractivity contribution in [3.63, 3.8) is 0 Å². The second-order valence-electron chi connectivity index (χ2n) is 3.24. The van der Waals surface area contributed by atoms with Crippen molar-refractivity contribution in [3.05, 3.63) is 24.2 Å². The predicted molar refractivity (Wildman–Crippen MR) is 51.0 cm³/mol. The molecule has 1 fully saturated rings. The van der Waals surface area contributed by atoms with E-state index in [-0.39, 0.29) is 25.0 Å². The monoisotopic (exact) mass is 205 g/mol. The summed E-state index contributed by atoms with van der Waals surface area (Å²) in [6, 6.07) is 1.92. The van der Waals surface area contributed by atoms with E-state index < -0.39 is 0 Å². The van der Waals surface area contributed by atoms with Gasteiger partial charge in [-0.15, -0.1) is 12.4 Å².